The van der Waals surface area contributed by atoms with Gasteiger partial charge in [0.05, 0.1) is 11.1 Å². The molecule has 0 aliphatic rings. The van der Waals surface area contributed by atoms with Gasteiger partial charge in [0.1, 0.15) is 0 Å². The molecule has 1 amide bonds. The quantitative estimate of drug-likeness (QED) is 0.654. The maximum Gasteiger partial charge on any atom is 0.416 e. The highest BCUT2D eigenvalue weighted by Crippen LogP contribution is 2.30. The molecular weight excluding hydrogens is 369 g/mol. The fourth-order valence-electron chi connectivity index (χ4n) is 2.56. The highest BCUT2D eigenvalue weighted by atomic mass is 19.4. The van der Waals surface area contributed by atoms with Gasteiger partial charge < -0.3 is 10.6 Å². The number of hydrogen-bond donors (Lipinski definition) is 2. The number of carbonyl (C=O) groups is 1. The lowest BCUT2D eigenvalue weighted by molar-refractivity contribution is -0.137. The zero-order chi connectivity index (χ0) is 20.3. The van der Waals surface area contributed by atoms with E-state index in [2.05, 4.69) is 20.6 Å². The summed E-state index contributed by atoms with van der Waals surface area (Å²) in [6, 6.07) is 10.3. The lowest BCUT2D eigenvalue weighted by Crippen LogP contribution is -2.14. The average molecular weight is 386 g/mol. The van der Waals surface area contributed by atoms with E-state index in [1.165, 1.54) is 24.5 Å². The van der Waals surface area contributed by atoms with Gasteiger partial charge in [0.15, 0.2) is 0 Å². The average Bonchev–Trinajstić information content (AvgIpc) is 2.64. The summed E-state index contributed by atoms with van der Waals surface area (Å²) >= 11 is 0. The first-order chi connectivity index (χ1) is 13.2. The maximum atomic E-state index is 12.8. The Morgan fingerprint density at radius 1 is 1.00 bits per heavy atom. The number of amides is 1. The second-order valence-electron chi connectivity index (χ2n) is 6.27. The third kappa shape index (κ3) is 4.64. The van der Waals surface area contributed by atoms with Crippen molar-refractivity contribution in [1.29, 1.82) is 0 Å². The predicted molar refractivity (Wildman–Crippen MR) is 101 cm³/mol. The Hall–Kier alpha value is -3.42. The summed E-state index contributed by atoms with van der Waals surface area (Å²) in [6.07, 6.45) is -1.87. The number of halogens is 3. The molecule has 5 nitrogen and oxygen atoms in total. The molecule has 0 aliphatic carbocycles. The normalized spacial score (nSPS) is 11.2. The van der Waals surface area contributed by atoms with Crippen molar-refractivity contribution >= 4 is 23.2 Å². The molecule has 0 saturated carbocycles. The van der Waals surface area contributed by atoms with E-state index in [0.29, 0.717) is 5.95 Å². The Morgan fingerprint density at radius 2 is 1.71 bits per heavy atom. The summed E-state index contributed by atoms with van der Waals surface area (Å²) < 4.78 is 38.3. The lowest BCUT2D eigenvalue weighted by Gasteiger charge is -2.10. The van der Waals surface area contributed by atoms with Gasteiger partial charge in [-0.25, -0.2) is 9.97 Å². The first-order valence-corrected chi connectivity index (χ1v) is 8.37. The SMILES string of the molecule is Cc1ccc(Nc2ncc(C(=O)Nc3cccc(C(F)(F)F)c3)cn2)c(C)c1. The Morgan fingerprint density at radius 3 is 2.36 bits per heavy atom. The zero-order valence-corrected chi connectivity index (χ0v) is 15.1. The molecule has 0 aliphatic heterocycles. The van der Waals surface area contributed by atoms with Gasteiger partial charge in [-0.1, -0.05) is 23.8 Å². The summed E-state index contributed by atoms with van der Waals surface area (Å²) in [4.78, 5) is 20.4. The molecule has 8 heteroatoms. The highest BCUT2D eigenvalue weighted by molar-refractivity contribution is 6.03. The number of nitrogens with zero attached hydrogens (tertiary/aromatic N) is 2. The standard InChI is InChI=1S/C20H17F3N4O/c1-12-6-7-17(13(2)8-12)27-19-24-10-14(11-25-19)18(28)26-16-5-3-4-15(9-16)20(21,22)23/h3-11H,1-2H3,(H,26,28)(H,24,25,27). The maximum absolute atomic E-state index is 12.8. The van der Waals surface area contributed by atoms with E-state index in [4.69, 9.17) is 0 Å². The third-order valence-electron chi connectivity index (χ3n) is 3.99. The predicted octanol–water partition coefficient (Wildman–Crippen LogP) is 5.11. The van der Waals surface area contributed by atoms with Crippen molar-refractivity contribution in [2.24, 2.45) is 0 Å². The van der Waals surface area contributed by atoms with Crippen LogP contribution in [0.2, 0.25) is 0 Å². The van der Waals surface area contributed by atoms with Gasteiger partial charge >= 0.3 is 6.18 Å². The Labute approximate surface area is 159 Å². The van der Waals surface area contributed by atoms with Crippen molar-refractivity contribution in [2.75, 3.05) is 10.6 Å². The molecule has 144 valence electrons. The Bertz CT molecular complexity index is 1000. The van der Waals surface area contributed by atoms with E-state index < -0.39 is 17.6 Å². The summed E-state index contributed by atoms with van der Waals surface area (Å²) in [5.41, 5.74) is 2.32. The first kappa shape index (κ1) is 19.3. The van der Waals surface area contributed by atoms with Crippen LogP contribution in [0, 0.1) is 13.8 Å². The number of aryl methyl sites for hydroxylation is 2. The van der Waals surface area contributed by atoms with E-state index in [9.17, 15) is 18.0 Å². The highest BCUT2D eigenvalue weighted by Gasteiger charge is 2.30. The van der Waals surface area contributed by atoms with Crippen LogP contribution in [0.3, 0.4) is 0 Å². The molecule has 1 heterocycles. The van der Waals surface area contributed by atoms with Gasteiger partial charge in [-0.05, 0) is 43.7 Å². The second-order valence-corrected chi connectivity index (χ2v) is 6.27. The van der Waals surface area contributed by atoms with Crippen molar-refractivity contribution in [1.82, 2.24) is 9.97 Å². The number of nitrogens with one attached hydrogen (secondary N) is 2. The van der Waals surface area contributed by atoms with E-state index in [-0.39, 0.29) is 11.3 Å². The fraction of sp³-hybridized carbons (Fsp3) is 0.150. The van der Waals surface area contributed by atoms with Gasteiger partial charge in [0.25, 0.3) is 5.91 Å². The van der Waals surface area contributed by atoms with Crippen molar-refractivity contribution in [3.8, 4) is 0 Å². The van der Waals surface area contributed by atoms with Crippen molar-refractivity contribution in [3.05, 3.63) is 77.1 Å². The summed E-state index contributed by atoms with van der Waals surface area (Å²) in [7, 11) is 0. The summed E-state index contributed by atoms with van der Waals surface area (Å²) in [5.74, 6) is -0.292. The molecule has 0 unspecified atom stereocenters. The number of benzene rings is 2. The van der Waals surface area contributed by atoms with E-state index >= 15 is 0 Å². The summed E-state index contributed by atoms with van der Waals surface area (Å²) in [6.45, 7) is 3.94. The van der Waals surface area contributed by atoms with Gasteiger partial charge in [0, 0.05) is 23.8 Å². The number of carbonyl (C=O) groups excluding carboxylic acids is 1. The molecule has 3 rings (SSSR count). The molecule has 0 bridgehead atoms. The Kier molecular flexibility index (Phi) is 5.30. The molecule has 0 atom stereocenters. The minimum atomic E-state index is -4.48. The van der Waals surface area contributed by atoms with E-state index in [1.807, 2.05) is 32.0 Å². The van der Waals surface area contributed by atoms with Crippen molar-refractivity contribution < 1.29 is 18.0 Å². The third-order valence-corrected chi connectivity index (χ3v) is 3.99. The minimum absolute atomic E-state index is 0.0392. The Balaban J connectivity index is 1.70. The van der Waals surface area contributed by atoms with Crippen LogP contribution < -0.4 is 10.6 Å². The van der Waals surface area contributed by atoms with Crippen LogP contribution in [0.4, 0.5) is 30.5 Å². The number of alkyl halides is 3. The molecular formula is C20H17F3N4O. The lowest BCUT2D eigenvalue weighted by atomic mass is 10.1. The molecule has 3 aromatic rings. The van der Waals surface area contributed by atoms with Crippen LogP contribution in [-0.4, -0.2) is 15.9 Å². The van der Waals surface area contributed by atoms with Crippen LogP contribution >= 0.6 is 0 Å². The van der Waals surface area contributed by atoms with Gasteiger partial charge in [0.2, 0.25) is 5.95 Å². The van der Waals surface area contributed by atoms with E-state index in [1.54, 1.807) is 0 Å². The molecule has 28 heavy (non-hydrogen) atoms. The van der Waals surface area contributed by atoms with Crippen molar-refractivity contribution in [3.63, 3.8) is 0 Å². The molecule has 1 aromatic heterocycles. The van der Waals surface area contributed by atoms with Crippen LogP contribution in [0.25, 0.3) is 0 Å². The second kappa shape index (κ2) is 7.67. The topological polar surface area (TPSA) is 66.9 Å². The minimum Gasteiger partial charge on any atom is -0.324 e. The molecule has 2 N–H and O–H groups in total. The van der Waals surface area contributed by atoms with Crippen LogP contribution in [0.1, 0.15) is 27.0 Å². The number of hydrogen-bond acceptors (Lipinski definition) is 4. The van der Waals surface area contributed by atoms with Crippen LogP contribution in [-0.2, 0) is 6.18 Å². The summed E-state index contributed by atoms with van der Waals surface area (Å²) in [5, 5.41) is 5.48. The van der Waals surface area contributed by atoms with Gasteiger partial charge in [-0.15, -0.1) is 0 Å². The first-order valence-electron chi connectivity index (χ1n) is 8.37. The molecule has 0 saturated heterocycles. The largest absolute Gasteiger partial charge is 0.416 e. The molecule has 0 fully saturated rings. The molecule has 0 radical (unpaired) electrons. The van der Waals surface area contributed by atoms with Crippen molar-refractivity contribution in [2.45, 2.75) is 20.0 Å². The van der Waals surface area contributed by atoms with Crippen LogP contribution in [0.15, 0.2) is 54.9 Å². The molecule has 0 spiro atoms. The van der Waals surface area contributed by atoms with Crippen LogP contribution in [0.5, 0.6) is 0 Å². The van der Waals surface area contributed by atoms with Gasteiger partial charge in [-0.3, -0.25) is 4.79 Å². The van der Waals surface area contributed by atoms with E-state index in [0.717, 1.165) is 28.9 Å². The monoisotopic (exact) mass is 386 g/mol. The fourth-order valence-corrected chi connectivity index (χ4v) is 2.56. The zero-order valence-electron chi connectivity index (χ0n) is 15.1. The smallest absolute Gasteiger partial charge is 0.324 e. The molecule has 2 aromatic carbocycles. The van der Waals surface area contributed by atoms with Gasteiger partial charge in [-0.2, -0.15) is 13.2 Å². The number of rotatable bonds is 4. The number of anilines is 3. The number of aromatic nitrogens is 2.